The minimum absolute atomic E-state index is 0.696. The second kappa shape index (κ2) is 3.51. The molecule has 92 valence electrons. The molecule has 3 heterocycles. The van der Waals surface area contributed by atoms with Crippen LogP contribution in [-0.4, -0.2) is 19.4 Å². The molecule has 4 heteroatoms. The fourth-order valence-electron chi connectivity index (χ4n) is 2.34. The van der Waals surface area contributed by atoms with E-state index in [2.05, 4.69) is 35.9 Å². The molecule has 0 unspecified atom stereocenters. The molecule has 0 N–H and O–H groups in total. The quantitative estimate of drug-likeness (QED) is 0.480. The Morgan fingerprint density at radius 2 is 1.63 bits per heavy atom. The highest BCUT2D eigenvalue weighted by molar-refractivity contribution is 5.85. The SMILES string of the molecule is Cc1cc2nc3nc4ccccn4c3nc2cc1C. The number of imidazole rings is 1. The van der Waals surface area contributed by atoms with Gasteiger partial charge in [-0.3, -0.25) is 4.40 Å². The normalized spacial score (nSPS) is 11.7. The molecule has 0 aliphatic heterocycles. The van der Waals surface area contributed by atoms with Crippen molar-refractivity contribution in [2.24, 2.45) is 0 Å². The van der Waals surface area contributed by atoms with Crippen LogP contribution in [0, 0.1) is 13.8 Å². The molecule has 4 aromatic rings. The predicted octanol–water partition coefficient (Wildman–Crippen LogP) is 3.05. The van der Waals surface area contributed by atoms with Crippen LogP contribution in [0.15, 0.2) is 36.5 Å². The maximum atomic E-state index is 4.71. The van der Waals surface area contributed by atoms with Crippen LogP contribution in [0.1, 0.15) is 11.1 Å². The Morgan fingerprint density at radius 1 is 0.895 bits per heavy atom. The van der Waals surface area contributed by atoms with E-state index in [0.29, 0.717) is 5.65 Å². The molecule has 19 heavy (non-hydrogen) atoms. The lowest BCUT2D eigenvalue weighted by Crippen LogP contribution is -1.91. The Labute approximate surface area is 109 Å². The summed E-state index contributed by atoms with van der Waals surface area (Å²) in [5.41, 5.74) is 6.66. The van der Waals surface area contributed by atoms with Gasteiger partial charge in [0.1, 0.15) is 5.65 Å². The number of aryl methyl sites for hydroxylation is 2. The summed E-state index contributed by atoms with van der Waals surface area (Å²) in [5, 5.41) is 0. The highest BCUT2D eigenvalue weighted by Gasteiger charge is 2.09. The zero-order valence-electron chi connectivity index (χ0n) is 10.8. The molecule has 0 aliphatic rings. The van der Waals surface area contributed by atoms with E-state index in [4.69, 9.17) is 4.98 Å². The zero-order valence-corrected chi connectivity index (χ0v) is 10.8. The summed E-state index contributed by atoms with van der Waals surface area (Å²) in [4.78, 5) is 13.8. The number of rotatable bonds is 0. The maximum absolute atomic E-state index is 4.71. The highest BCUT2D eigenvalue weighted by Crippen LogP contribution is 2.20. The molecule has 4 rings (SSSR count). The summed E-state index contributed by atoms with van der Waals surface area (Å²) in [6.45, 7) is 4.18. The average molecular weight is 248 g/mol. The fraction of sp³-hybridized carbons (Fsp3) is 0.133. The van der Waals surface area contributed by atoms with Gasteiger partial charge in [0, 0.05) is 6.20 Å². The van der Waals surface area contributed by atoms with Crippen molar-refractivity contribution in [3.05, 3.63) is 47.7 Å². The van der Waals surface area contributed by atoms with E-state index in [1.807, 2.05) is 28.8 Å². The summed E-state index contributed by atoms with van der Waals surface area (Å²) in [5.74, 6) is 0. The molecule has 0 saturated heterocycles. The van der Waals surface area contributed by atoms with Gasteiger partial charge in [0.25, 0.3) is 0 Å². The fourth-order valence-corrected chi connectivity index (χ4v) is 2.34. The van der Waals surface area contributed by atoms with Crippen molar-refractivity contribution in [2.45, 2.75) is 13.8 Å². The Bertz CT molecular complexity index is 937. The van der Waals surface area contributed by atoms with Crippen LogP contribution in [0.25, 0.3) is 28.0 Å². The van der Waals surface area contributed by atoms with Crippen molar-refractivity contribution in [3.8, 4) is 0 Å². The number of benzene rings is 1. The minimum Gasteiger partial charge on any atom is -0.283 e. The van der Waals surface area contributed by atoms with Crippen LogP contribution >= 0.6 is 0 Å². The minimum atomic E-state index is 0.696. The van der Waals surface area contributed by atoms with Crippen LogP contribution in [0.5, 0.6) is 0 Å². The number of fused-ring (bicyclic) bond motifs is 4. The number of hydrogen-bond acceptors (Lipinski definition) is 3. The summed E-state index contributed by atoms with van der Waals surface area (Å²) in [6.07, 6.45) is 1.96. The van der Waals surface area contributed by atoms with E-state index in [0.717, 1.165) is 22.3 Å². The van der Waals surface area contributed by atoms with Gasteiger partial charge in [-0.05, 0) is 49.2 Å². The largest absolute Gasteiger partial charge is 0.283 e. The van der Waals surface area contributed by atoms with Crippen molar-refractivity contribution >= 4 is 28.0 Å². The highest BCUT2D eigenvalue weighted by atomic mass is 15.1. The van der Waals surface area contributed by atoms with Crippen LogP contribution in [0.4, 0.5) is 0 Å². The average Bonchev–Trinajstić information content (AvgIpc) is 2.75. The second-order valence-corrected chi connectivity index (χ2v) is 4.84. The Balaban J connectivity index is 2.21. The van der Waals surface area contributed by atoms with Crippen molar-refractivity contribution in [1.82, 2.24) is 19.4 Å². The van der Waals surface area contributed by atoms with Gasteiger partial charge in [0.05, 0.1) is 11.0 Å². The number of hydrogen-bond donors (Lipinski definition) is 0. The number of aromatic nitrogens is 4. The molecule has 0 spiro atoms. The van der Waals surface area contributed by atoms with Crippen LogP contribution in [0.2, 0.25) is 0 Å². The van der Waals surface area contributed by atoms with Crippen molar-refractivity contribution in [2.75, 3.05) is 0 Å². The van der Waals surface area contributed by atoms with E-state index in [1.54, 1.807) is 0 Å². The van der Waals surface area contributed by atoms with Crippen LogP contribution in [0.3, 0.4) is 0 Å². The molecule has 0 bridgehead atoms. The van der Waals surface area contributed by atoms with Gasteiger partial charge in [-0.1, -0.05) is 6.07 Å². The lowest BCUT2D eigenvalue weighted by molar-refractivity contribution is 1.19. The standard InChI is InChI=1S/C15H12N4/c1-9-7-11-12(8-10(9)2)17-15-14(16-11)18-13-5-3-4-6-19(13)15/h3-8H,1-2H3. The molecule has 0 fully saturated rings. The van der Waals surface area contributed by atoms with Gasteiger partial charge in [0.15, 0.2) is 11.3 Å². The Hall–Kier alpha value is -2.49. The number of nitrogens with zero attached hydrogens (tertiary/aromatic N) is 4. The summed E-state index contributed by atoms with van der Waals surface area (Å²) in [7, 11) is 0. The Morgan fingerprint density at radius 3 is 2.42 bits per heavy atom. The van der Waals surface area contributed by atoms with Crippen molar-refractivity contribution in [1.29, 1.82) is 0 Å². The van der Waals surface area contributed by atoms with E-state index < -0.39 is 0 Å². The summed E-state index contributed by atoms with van der Waals surface area (Å²) < 4.78 is 1.97. The Kier molecular flexibility index (Phi) is 1.93. The molecular formula is C15H12N4. The van der Waals surface area contributed by atoms with Crippen LogP contribution < -0.4 is 0 Å². The van der Waals surface area contributed by atoms with Gasteiger partial charge in [-0.2, -0.15) is 0 Å². The first-order valence-corrected chi connectivity index (χ1v) is 6.24. The first-order valence-electron chi connectivity index (χ1n) is 6.24. The van der Waals surface area contributed by atoms with Crippen molar-refractivity contribution in [3.63, 3.8) is 0 Å². The lowest BCUT2D eigenvalue weighted by atomic mass is 10.1. The predicted molar refractivity (Wildman–Crippen MR) is 75.3 cm³/mol. The van der Waals surface area contributed by atoms with Gasteiger partial charge in [-0.15, -0.1) is 0 Å². The summed E-state index contributed by atoms with van der Waals surface area (Å²) >= 11 is 0. The zero-order chi connectivity index (χ0) is 13.0. The molecular weight excluding hydrogens is 236 g/mol. The lowest BCUT2D eigenvalue weighted by Gasteiger charge is -2.02. The van der Waals surface area contributed by atoms with Crippen molar-refractivity contribution < 1.29 is 0 Å². The first-order chi connectivity index (χ1) is 9.22. The van der Waals surface area contributed by atoms with Gasteiger partial charge in [-0.25, -0.2) is 15.0 Å². The topological polar surface area (TPSA) is 43.1 Å². The molecule has 0 aliphatic carbocycles. The van der Waals surface area contributed by atoms with E-state index in [9.17, 15) is 0 Å². The third-order valence-corrected chi connectivity index (χ3v) is 3.53. The third kappa shape index (κ3) is 1.43. The van der Waals surface area contributed by atoms with E-state index in [-0.39, 0.29) is 0 Å². The number of pyridine rings is 1. The molecule has 4 nitrogen and oxygen atoms in total. The van der Waals surface area contributed by atoms with E-state index in [1.165, 1.54) is 11.1 Å². The van der Waals surface area contributed by atoms with Gasteiger partial charge >= 0.3 is 0 Å². The molecule has 1 aromatic carbocycles. The molecule has 0 atom stereocenters. The molecule has 0 radical (unpaired) electrons. The second-order valence-electron chi connectivity index (χ2n) is 4.84. The monoisotopic (exact) mass is 248 g/mol. The van der Waals surface area contributed by atoms with Gasteiger partial charge in [0.2, 0.25) is 0 Å². The van der Waals surface area contributed by atoms with E-state index >= 15 is 0 Å². The summed E-state index contributed by atoms with van der Waals surface area (Å²) in [6, 6.07) is 10.1. The third-order valence-electron chi connectivity index (χ3n) is 3.53. The maximum Gasteiger partial charge on any atom is 0.198 e. The smallest absolute Gasteiger partial charge is 0.198 e. The molecule has 0 amide bonds. The molecule has 0 saturated carbocycles. The first kappa shape index (κ1) is 10.4. The molecule has 3 aromatic heterocycles. The van der Waals surface area contributed by atoms with Gasteiger partial charge < -0.3 is 0 Å². The van der Waals surface area contributed by atoms with Crippen LogP contribution in [-0.2, 0) is 0 Å².